The highest BCUT2D eigenvalue weighted by atomic mass is 32.2. The van der Waals surface area contributed by atoms with E-state index in [1.165, 1.54) is 0 Å². The molecule has 0 bridgehead atoms. The van der Waals surface area contributed by atoms with Crippen molar-refractivity contribution in [1.29, 1.82) is 0 Å². The fraction of sp³-hybridized carbons (Fsp3) is 0.600. The van der Waals surface area contributed by atoms with Gasteiger partial charge in [0.15, 0.2) is 0 Å². The highest BCUT2D eigenvalue weighted by Crippen LogP contribution is 2.31. The molecule has 0 unspecified atom stereocenters. The van der Waals surface area contributed by atoms with Crippen molar-refractivity contribution in [3.8, 4) is 0 Å². The summed E-state index contributed by atoms with van der Waals surface area (Å²) in [5, 5.41) is 8.99. The molecule has 2 rings (SSSR count). The Balaban J connectivity index is 2.33. The fourth-order valence-electron chi connectivity index (χ4n) is 2.62. The molecule has 1 saturated carbocycles. The Hall–Kier alpha value is -0.910. The van der Waals surface area contributed by atoms with Gasteiger partial charge in [0.2, 0.25) is 10.0 Å². The van der Waals surface area contributed by atoms with Crippen molar-refractivity contribution >= 4 is 10.0 Å². The smallest absolute Gasteiger partial charge is 0.243 e. The standard InChI is InChI=1S/C15H23NO3S/c1-12-7-8-15(13(2)11-12)20(18,19)16(9-4-10-17)14-5-3-6-14/h7-8,11,14,17H,3-6,9-10H2,1-2H3. The lowest BCUT2D eigenvalue weighted by Gasteiger charge is -2.36. The van der Waals surface area contributed by atoms with Gasteiger partial charge in [0.05, 0.1) is 4.90 Å². The van der Waals surface area contributed by atoms with Gasteiger partial charge in [-0.1, -0.05) is 24.1 Å². The molecule has 1 aliphatic rings. The van der Waals surface area contributed by atoms with Gasteiger partial charge in [-0.05, 0) is 44.7 Å². The van der Waals surface area contributed by atoms with Crippen LogP contribution in [-0.2, 0) is 10.0 Å². The van der Waals surface area contributed by atoms with Gasteiger partial charge in [0.1, 0.15) is 0 Å². The van der Waals surface area contributed by atoms with Gasteiger partial charge in [-0.25, -0.2) is 8.42 Å². The first kappa shape index (κ1) is 15.5. The van der Waals surface area contributed by atoms with E-state index in [-0.39, 0.29) is 12.6 Å². The monoisotopic (exact) mass is 297 g/mol. The predicted molar refractivity (Wildman–Crippen MR) is 79.1 cm³/mol. The van der Waals surface area contributed by atoms with Gasteiger partial charge in [-0.3, -0.25) is 0 Å². The summed E-state index contributed by atoms with van der Waals surface area (Å²) in [5.74, 6) is 0. The SMILES string of the molecule is Cc1ccc(S(=O)(=O)N(CCCO)C2CCC2)c(C)c1. The summed E-state index contributed by atoms with van der Waals surface area (Å²) < 4.78 is 27.3. The number of hydrogen-bond acceptors (Lipinski definition) is 3. The van der Waals surface area contributed by atoms with E-state index in [1.54, 1.807) is 10.4 Å². The third-order valence-corrected chi connectivity index (χ3v) is 6.05. The molecule has 4 nitrogen and oxygen atoms in total. The number of hydrogen-bond donors (Lipinski definition) is 1. The van der Waals surface area contributed by atoms with E-state index >= 15 is 0 Å². The Morgan fingerprint density at radius 2 is 2.00 bits per heavy atom. The Bertz CT molecular complexity index is 564. The van der Waals surface area contributed by atoms with Gasteiger partial charge in [-0.15, -0.1) is 0 Å². The number of aryl methyl sites for hydroxylation is 2. The summed E-state index contributed by atoms with van der Waals surface area (Å²) >= 11 is 0. The topological polar surface area (TPSA) is 57.6 Å². The van der Waals surface area contributed by atoms with Crippen LogP contribution in [-0.4, -0.2) is 37.0 Å². The molecular formula is C15H23NO3S. The maximum Gasteiger partial charge on any atom is 0.243 e. The van der Waals surface area contributed by atoms with E-state index in [4.69, 9.17) is 5.11 Å². The molecule has 5 heteroatoms. The second kappa shape index (κ2) is 6.24. The number of aliphatic hydroxyl groups is 1. The Labute approximate surface area is 121 Å². The quantitative estimate of drug-likeness (QED) is 0.876. The van der Waals surface area contributed by atoms with Gasteiger partial charge < -0.3 is 5.11 Å². The molecule has 0 radical (unpaired) electrons. The van der Waals surface area contributed by atoms with Crippen LogP contribution in [0, 0.1) is 13.8 Å². The van der Waals surface area contributed by atoms with E-state index in [2.05, 4.69) is 0 Å². The van der Waals surface area contributed by atoms with Crippen LogP contribution in [0.25, 0.3) is 0 Å². The van der Waals surface area contributed by atoms with Crippen molar-refractivity contribution in [3.05, 3.63) is 29.3 Å². The van der Waals surface area contributed by atoms with Crippen LogP contribution in [0.5, 0.6) is 0 Å². The zero-order valence-electron chi connectivity index (χ0n) is 12.2. The first-order valence-corrected chi connectivity index (χ1v) is 8.61. The van der Waals surface area contributed by atoms with Crippen molar-refractivity contribution < 1.29 is 13.5 Å². The first-order valence-electron chi connectivity index (χ1n) is 7.17. The van der Waals surface area contributed by atoms with Gasteiger partial charge in [0.25, 0.3) is 0 Å². The first-order chi connectivity index (χ1) is 9.46. The molecular weight excluding hydrogens is 274 g/mol. The molecule has 0 spiro atoms. The molecule has 1 aliphatic carbocycles. The lowest BCUT2D eigenvalue weighted by atomic mass is 9.93. The van der Waals surface area contributed by atoms with Crippen LogP contribution in [0.4, 0.5) is 0 Å². The average molecular weight is 297 g/mol. The Kier molecular flexibility index (Phi) is 4.83. The van der Waals surface area contributed by atoms with Crippen molar-refractivity contribution in [1.82, 2.24) is 4.31 Å². The molecule has 0 aromatic heterocycles. The minimum atomic E-state index is -3.46. The van der Waals surface area contributed by atoms with Crippen LogP contribution in [0.2, 0.25) is 0 Å². The van der Waals surface area contributed by atoms with E-state index in [0.29, 0.717) is 17.9 Å². The highest BCUT2D eigenvalue weighted by molar-refractivity contribution is 7.89. The van der Waals surface area contributed by atoms with Crippen LogP contribution >= 0.6 is 0 Å². The van der Waals surface area contributed by atoms with E-state index in [0.717, 1.165) is 30.4 Å². The molecule has 1 N–H and O–H groups in total. The molecule has 112 valence electrons. The number of benzene rings is 1. The maximum absolute atomic E-state index is 12.8. The zero-order chi connectivity index (χ0) is 14.8. The minimum Gasteiger partial charge on any atom is -0.396 e. The molecule has 1 aromatic rings. The summed E-state index contributed by atoms with van der Waals surface area (Å²) in [6.07, 6.45) is 3.43. The van der Waals surface area contributed by atoms with Crippen molar-refractivity contribution in [2.75, 3.05) is 13.2 Å². The van der Waals surface area contributed by atoms with Crippen LogP contribution in [0.15, 0.2) is 23.1 Å². The van der Waals surface area contributed by atoms with Crippen molar-refractivity contribution in [2.45, 2.75) is 50.5 Å². The second-order valence-electron chi connectivity index (χ2n) is 5.55. The molecule has 1 fully saturated rings. The van der Waals surface area contributed by atoms with Crippen LogP contribution < -0.4 is 0 Å². The Morgan fingerprint density at radius 1 is 1.30 bits per heavy atom. The molecule has 1 aromatic carbocycles. The second-order valence-corrected chi connectivity index (χ2v) is 7.41. The lowest BCUT2D eigenvalue weighted by Crippen LogP contribution is -2.45. The Morgan fingerprint density at radius 3 is 2.50 bits per heavy atom. The van der Waals surface area contributed by atoms with E-state index in [9.17, 15) is 8.42 Å². The highest BCUT2D eigenvalue weighted by Gasteiger charge is 2.35. The zero-order valence-corrected chi connectivity index (χ0v) is 13.0. The average Bonchev–Trinajstić information content (AvgIpc) is 2.31. The number of nitrogens with zero attached hydrogens (tertiary/aromatic N) is 1. The van der Waals surface area contributed by atoms with E-state index < -0.39 is 10.0 Å². The van der Waals surface area contributed by atoms with Crippen LogP contribution in [0.3, 0.4) is 0 Å². The summed E-state index contributed by atoms with van der Waals surface area (Å²) in [6, 6.07) is 5.54. The van der Waals surface area contributed by atoms with Gasteiger partial charge in [0, 0.05) is 19.2 Å². The van der Waals surface area contributed by atoms with Crippen molar-refractivity contribution in [2.24, 2.45) is 0 Å². The number of rotatable bonds is 6. The molecule has 0 saturated heterocycles. The molecule has 0 atom stereocenters. The summed E-state index contributed by atoms with van der Waals surface area (Å²) in [7, 11) is -3.46. The van der Waals surface area contributed by atoms with Gasteiger partial charge in [-0.2, -0.15) is 4.31 Å². The molecule has 0 aliphatic heterocycles. The number of sulfonamides is 1. The molecule has 20 heavy (non-hydrogen) atoms. The minimum absolute atomic E-state index is 0.0195. The van der Waals surface area contributed by atoms with E-state index in [1.807, 2.05) is 26.0 Å². The maximum atomic E-state index is 12.8. The largest absolute Gasteiger partial charge is 0.396 e. The van der Waals surface area contributed by atoms with Crippen molar-refractivity contribution in [3.63, 3.8) is 0 Å². The third-order valence-electron chi connectivity index (χ3n) is 3.94. The predicted octanol–water partition coefficient (Wildman–Crippen LogP) is 2.23. The molecule has 0 heterocycles. The van der Waals surface area contributed by atoms with Gasteiger partial charge >= 0.3 is 0 Å². The van der Waals surface area contributed by atoms with Crippen LogP contribution in [0.1, 0.15) is 36.8 Å². The third kappa shape index (κ3) is 3.05. The summed E-state index contributed by atoms with van der Waals surface area (Å²) in [5.41, 5.74) is 1.85. The number of aliphatic hydroxyl groups excluding tert-OH is 1. The normalized spacial score (nSPS) is 16.4. The summed E-state index contributed by atoms with van der Waals surface area (Å²) in [4.78, 5) is 0.396. The molecule has 0 amide bonds. The summed E-state index contributed by atoms with van der Waals surface area (Å²) in [6.45, 7) is 4.21. The fourth-order valence-corrected chi connectivity index (χ4v) is 4.55. The lowest BCUT2D eigenvalue weighted by molar-refractivity contribution is 0.198.